The highest BCUT2D eigenvalue weighted by atomic mass is 19.4. The molecule has 1 aliphatic carbocycles. The third kappa shape index (κ3) is 5.22. The Kier molecular flexibility index (Phi) is 7.11. The first-order valence-electron chi connectivity index (χ1n) is 10.2. The highest BCUT2D eigenvalue weighted by molar-refractivity contribution is 5.90. The maximum Gasteiger partial charge on any atom is 0.422 e. The van der Waals surface area contributed by atoms with Gasteiger partial charge in [0.2, 0.25) is 6.29 Å². The Morgan fingerprint density at radius 1 is 1.12 bits per heavy atom. The fourth-order valence-electron chi connectivity index (χ4n) is 3.99. The first-order valence-corrected chi connectivity index (χ1v) is 10.2. The Morgan fingerprint density at radius 3 is 2.41 bits per heavy atom. The molecule has 3 rings (SSSR count). The molecule has 3 aliphatic rings. The van der Waals surface area contributed by atoms with Crippen molar-refractivity contribution in [2.45, 2.75) is 69.8 Å². The Balaban J connectivity index is 1.64. The lowest BCUT2D eigenvalue weighted by Gasteiger charge is -2.26. The Hall–Kier alpha value is -2.63. The van der Waals surface area contributed by atoms with Gasteiger partial charge in [0.15, 0.2) is 6.61 Å². The van der Waals surface area contributed by atoms with E-state index in [1.807, 2.05) is 0 Å². The van der Waals surface area contributed by atoms with Crippen molar-refractivity contribution in [1.29, 1.82) is 0 Å². The summed E-state index contributed by atoms with van der Waals surface area (Å²) < 4.78 is 62.8. The number of ether oxygens (including phenoxy) is 5. The molecular formula is C20H23F3O9. The molecular weight excluding hydrogens is 441 g/mol. The van der Waals surface area contributed by atoms with Crippen LogP contribution in [0.15, 0.2) is 12.2 Å². The van der Waals surface area contributed by atoms with Gasteiger partial charge in [-0.3, -0.25) is 9.59 Å². The number of cyclic esters (lactones) is 1. The van der Waals surface area contributed by atoms with Crippen molar-refractivity contribution in [3.63, 3.8) is 0 Å². The number of hydrogen-bond donors (Lipinski definition) is 0. The monoisotopic (exact) mass is 464 g/mol. The molecule has 0 radical (unpaired) electrons. The van der Waals surface area contributed by atoms with Crippen molar-refractivity contribution < 1.29 is 56.0 Å². The smallest absolute Gasteiger partial charge is 0.422 e. The summed E-state index contributed by atoms with van der Waals surface area (Å²) in [7, 11) is 0. The van der Waals surface area contributed by atoms with Crippen molar-refractivity contribution in [2.24, 2.45) is 11.8 Å². The van der Waals surface area contributed by atoms with Gasteiger partial charge >= 0.3 is 30.1 Å². The molecule has 12 heteroatoms. The number of rotatable bonds is 6. The zero-order valence-electron chi connectivity index (χ0n) is 17.2. The molecule has 5 atom stereocenters. The third-order valence-corrected chi connectivity index (χ3v) is 5.63. The molecule has 3 fully saturated rings. The molecule has 178 valence electrons. The lowest BCUT2D eigenvalue weighted by atomic mass is 9.89. The third-order valence-electron chi connectivity index (χ3n) is 5.63. The van der Waals surface area contributed by atoms with Gasteiger partial charge in [-0.15, -0.1) is 0 Å². The van der Waals surface area contributed by atoms with Gasteiger partial charge in [0.05, 0.1) is 0 Å². The Labute approximate surface area is 181 Å². The fourth-order valence-corrected chi connectivity index (χ4v) is 3.99. The van der Waals surface area contributed by atoms with E-state index in [1.165, 1.54) is 0 Å². The van der Waals surface area contributed by atoms with E-state index in [0.29, 0.717) is 12.8 Å². The van der Waals surface area contributed by atoms with E-state index >= 15 is 0 Å². The first-order chi connectivity index (χ1) is 15.0. The standard InChI is InChI=1S/C20H23F3O9/c1-9(20(21,22)23)16(25)28-8-12(24)31-19-14(13-15(32-19)10(2)29-17(13)26)18(27)30-11-6-4-3-5-7-11/h10-11,13-15,19H,1,3-8H2,2H3. The summed E-state index contributed by atoms with van der Waals surface area (Å²) in [6, 6.07) is 0. The molecule has 0 spiro atoms. The minimum atomic E-state index is -5.02. The van der Waals surface area contributed by atoms with Gasteiger partial charge in [-0.25, -0.2) is 9.59 Å². The van der Waals surface area contributed by atoms with Crippen LogP contribution in [0, 0.1) is 11.8 Å². The van der Waals surface area contributed by atoms with Crippen molar-refractivity contribution in [2.75, 3.05) is 6.61 Å². The second-order valence-corrected chi connectivity index (χ2v) is 7.90. The van der Waals surface area contributed by atoms with Crippen LogP contribution in [0.25, 0.3) is 0 Å². The molecule has 0 N–H and O–H groups in total. The molecule has 0 amide bonds. The van der Waals surface area contributed by atoms with Crippen LogP contribution < -0.4 is 0 Å². The van der Waals surface area contributed by atoms with Crippen LogP contribution in [0.4, 0.5) is 13.2 Å². The van der Waals surface area contributed by atoms with E-state index in [0.717, 1.165) is 19.3 Å². The largest absolute Gasteiger partial charge is 0.462 e. The zero-order chi connectivity index (χ0) is 23.6. The molecule has 1 saturated carbocycles. The van der Waals surface area contributed by atoms with E-state index in [9.17, 15) is 32.3 Å². The predicted molar refractivity (Wildman–Crippen MR) is 96.4 cm³/mol. The van der Waals surface area contributed by atoms with Crippen molar-refractivity contribution >= 4 is 23.9 Å². The molecule has 0 aromatic carbocycles. The maximum atomic E-state index is 12.8. The number of fused-ring (bicyclic) bond motifs is 1. The second-order valence-electron chi connectivity index (χ2n) is 7.90. The number of halogens is 3. The maximum absolute atomic E-state index is 12.8. The van der Waals surface area contributed by atoms with Crippen LogP contribution in [-0.2, 0) is 42.9 Å². The number of carbonyl (C=O) groups is 4. The molecule has 0 aromatic heterocycles. The molecule has 2 heterocycles. The lowest BCUT2D eigenvalue weighted by Crippen LogP contribution is -2.38. The zero-order valence-corrected chi connectivity index (χ0v) is 17.2. The molecule has 9 nitrogen and oxygen atoms in total. The van der Waals surface area contributed by atoms with Gasteiger partial charge in [0, 0.05) is 0 Å². The summed E-state index contributed by atoms with van der Waals surface area (Å²) in [6.45, 7) is 2.93. The van der Waals surface area contributed by atoms with Gasteiger partial charge in [-0.05, 0) is 32.6 Å². The lowest BCUT2D eigenvalue weighted by molar-refractivity contribution is -0.200. The van der Waals surface area contributed by atoms with Crippen LogP contribution in [0.1, 0.15) is 39.0 Å². The normalized spacial score (nSPS) is 30.2. The van der Waals surface area contributed by atoms with Gasteiger partial charge < -0.3 is 23.7 Å². The quantitative estimate of drug-likeness (QED) is 0.331. The summed E-state index contributed by atoms with van der Waals surface area (Å²) >= 11 is 0. The van der Waals surface area contributed by atoms with Gasteiger partial charge in [0.1, 0.15) is 35.7 Å². The summed E-state index contributed by atoms with van der Waals surface area (Å²) in [4.78, 5) is 48.5. The summed E-state index contributed by atoms with van der Waals surface area (Å²) in [5.41, 5.74) is -1.79. The Morgan fingerprint density at radius 2 is 1.78 bits per heavy atom. The number of alkyl halides is 3. The van der Waals surface area contributed by atoms with Crippen LogP contribution in [-0.4, -0.2) is 61.3 Å². The minimum Gasteiger partial charge on any atom is -0.462 e. The number of hydrogen-bond acceptors (Lipinski definition) is 9. The van der Waals surface area contributed by atoms with Gasteiger partial charge in [-0.2, -0.15) is 13.2 Å². The van der Waals surface area contributed by atoms with Crippen LogP contribution in [0.2, 0.25) is 0 Å². The summed E-state index contributed by atoms with van der Waals surface area (Å²) in [5, 5.41) is 0. The molecule has 32 heavy (non-hydrogen) atoms. The molecule has 2 saturated heterocycles. The molecule has 0 aromatic rings. The highest BCUT2D eigenvalue weighted by Crippen LogP contribution is 2.42. The van der Waals surface area contributed by atoms with Crippen molar-refractivity contribution in [3.8, 4) is 0 Å². The SMILES string of the molecule is C=C(C(=O)OCC(=O)OC1OC2C(C)OC(=O)C2C1C(=O)OC1CCCCC1)C(F)(F)F. The first kappa shape index (κ1) is 24.0. The minimum absolute atomic E-state index is 0.337. The summed E-state index contributed by atoms with van der Waals surface area (Å²) in [5.74, 6) is -7.00. The van der Waals surface area contributed by atoms with Gasteiger partial charge in [-0.1, -0.05) is 13.0 Å². The average molecular weight is 464 g/mol. The van der Waals surface area contributed by atoms with Crippen molar-refractivity contribution in [1.82, 2.24) is 0 Å². The fraction of sp³-hybridized carbons (Fsp3) is 0.700. The Bertz CT molecular complexity index is 788. The van der Waals surface area contributed by atoms with E-state index in [1.54, 1.807) is 6.92 Å². The van der Waals surface area contributed by atoms with Crippen LogP contribution >= 0.6 is 0 Å². The molecule has 0 bridgehead atoms. The molecule has 2 aliphatic heterocycles. The van der Waals surface area contributed by atoms with E-state index in [2.05, 4.69) is 11.3 Å². The predicted octanol–water partition coefficient (Wildman–Crippen LogP) is 1.97. The van der Waals surface area contributed by atoms with Crippen molar-refractivity contribution in [3.05, 3.63) is 12.2 Å². The van der Waals surface area contributed by atoms with E-state index in [-0.39, 0.29) is 6.10 Å². The number of carbonyl (C=O) groups excluding carboxylic acids is 4. The van der Waals surface area contributed by atoms with Crippen LogP contribution in [0.5, 0.6) is 0 Å². The van der Waals surface area contributed by atoms with Gasteiger partial charge in [0.25, 0.3) is 0 Å². The van der Waals surface area contributed by atoms with E-state index < -0.39 is 72.6 Å². The topological polar surface area (TPSA) is 114 Å². The second kappa shape index (κ2) is 9.47. The molecule has 5 unspecified atom stereocenters. The van der Waals surface area contributed by atoms with E-state index in [4.69, 9.17) is 18.9 Å². The van der Waals surface area contributed by atoms with Crippen LogP contribution in [0.3, 0.4) is 0 Å². The average Bonchev–Trinajstić information content (AvgIpc) is 3.22. The highest BCUT2D eigenvalue weighted by Gasteiger charge is 2.61. The summed E-state index contributed by atoms with van der Waals surface area (Å²) in [6.07, 6.45) is -4.37. The number of esters is 4.